The first-order valence-corrected chi connectivity index (χ1v) is 7.74. The number of rotatable bonds is 7. The molecule has 1 fully saturated rings. The summed E-state index contributed by atoms with van der Waals surface area (Å²) in [6, 6.07) is 1.35. The SMILES string of the molecule is CCCNC(CN1CCN(C)C(C)C1)C(C)CC. The zero-order valence-electron chi connectivity index (χ0n) is 13.1. The zero-order valence-corrected chi connectivity index (χ0v) is 13.1. The Morgan fingerprint density at radius 1 is 1.28 bits per heavy atom. The lowest BCUT2D eigenvalue weighted by Gasteiger charge is -2.40. The van der Waals surface area contributed by atoms with Crippen molar-refractivity contribution in [1.82, 2.24) is 15.1 Å². The van der Waals surface area contributed by atoms with Crippen LogP contribution in [0.2, 0.25) is 0 Å². The van der Waals surface area contributed by atoms with Crippen LogP contribution in [0.5, 0.6) is 0 Å². The van der Waals surface area contributed by atoms with Crippen LogP contribution < -0.4 is 5.32 Å². The van der Waals surface area contributed by atoms with Crippen molar-refractivity contribution in [2.75, 3.05) is 39.8 Å². The van der Waals surface area contributed by atoms with Crippen molar-refractivity contribution in [3.05, 3.63) is 0 Å². The van der Waals surface area contributed by atoms with Crippen LogP contribution in [0.3, 0.4) is 0 Å². The van der Waals surface area contributed by atoms with Gasteiger partial charge >= 0.3 is 0 Å². The van der Waals surface area contributed by atoms with Crippen LogP contribution in [0.15, 0.2) is 0 Å². The van der Waals surface area contributed by atoms with Crippen molar-refractivity contribution in [1.29, 1.82) is 0 Å². The summed E-state index contributed by atoms with van der Waals surface area (Å²) >= 11 is 0. The molecule has 1 aliphatic heterocycles. The van der Waals surface area contributed by atoms with Gasteiger partial charge in [-0.25, -0.2) is 0 Å². The van der Waals surface area contributed by atoms with E-state index >= 15 is 0 Å². The summed E-state index contributed by atoms with van der Waals surface area (Å²) < 4.78 is 0. The fourth-order valence-electron chi connectivity index (χ4n) is 2.63. The van der Waals surface area contributed by atoms with Crippen molar-refractivity contribution in [3.63, 3.8) is 0 Å². The lowest BCUT2D eigenvalue weighted by molar-refractivity contribution is 0.0903. The van der Waals surface area contributed by atoms with E-state index in [0.29, 0.717) is 12.1 Å². The highest BCUT2D eigenvalue weighted by atomic mass is 15.3. The number of likely N-dealkylation sites (N-methyl/N-ethyl adjacent to an activating group) is 1. The fraction of sp³-hybridized carbons (Fsp3) is 1.00. The van der Waals surface area contributed by atoms with Gasteiger partial charge in [-0.15, -0.1) is 0 Å². The second-order valence-corrected chi connectivity index (χ2v) is 6.04. The summed E-state index contributed by atoms with van der Waals surface area (Å²) in [4.78, 5) is 5.11. The summed E-state index contributed by atoms with van der Waals surface area (Å²) in [5.74, 6) is 0.770. The van der Waals surface area contributed by atoms with E-state index in [-0.39, 0.29) is 0 Å². The van der Waals surface area contributed by atoms with Crippen molar-refractivity contribution in [2.45, 2.75) is 52.6 Å². The Kier molecular flexibility index (Phi) is 7.20. The molecule has 0 aromatic heterocycles. The minimum Gasteiger partial charge on any atom is -0.312 e. The molecule has 3 atom stereocenters. The molecule has 3 nitrogen and oxygen atoms in total. The quantitative estimate of drug-likeness (QED) is 0.751. The maximum atomic E-state index is 3.74. The Hall–Kier alpha value is -0.120. The maximum Gasteiger partial charge on any atom is 0.0220 e. The lowest BCUT2D eigenvalue weighted by atomic mass is 9.98. The third-order valence-electron chi connectivity index (χ3n) is 4.49. The molecule has 1 N–H and O–H groups in total. The minimum atomic E-state index is 0.658. The average molecular weight is 255 g/mol. The monoisotopic (exact) mass is 255 g/mol. The molecular weight excluding hydrogens is 222 g/mol. The smallest absolute Gasteiger partial charge is 0.0220 e. The van der Waals surface area contributed by atoms with Crippen molar-refractivity contribution in [2.24, 2.45) is 5.92 Å². The first-order chi connectivity index (χ1) is 8.58. The van der Waals surface area contributed by atoms with Gasteiger partial charge in [0, 0.05) is 38.3 Å². The molecule has 1 aliphatic rings. The van der Waals surface area contributed by atoms with Gasteiger partial charge in [-0.05, 0) is 32.9 Å². The first-order valence-electron chi connectivity index (χ1n) is 7.74. The van der Waals surface area contributed by atoms with E-state index in [4.69, 9.17) is 0 Å². The van der Waals surface area contributed by atoms with E-state index < -0.39 is 0 Å². The normalized spacial score (nSPS) is 26.2. The molecular formula is C15H33N3. The Morgan fingerprint density at radius 2 is 2.00 bits per heavy atom. The van der Waals surface area contributed by atoms with Gasteiger partial charge < -0.3 is 10.2 Å². The van der Waals surface area contributed by atoms with Gasteiger partial charge in [-0.2, -0.15) is 0 Å². The van der Waals surface area contributed by atoms with Gasteiger partial charge in [-0.3, -0.25) is 4.90 Å². The largest absolute Gasteiger partial charge is 0.312 e. The number of hydrogen-bond donors (Lipinski definition) is 1. The summed E-state index contributed by atoms with van der Waals surface area (Å²) in [5, 5.41) is 3.74. The molecule has 18 heavy (non-hydrogen) atoms. The molecule has 0 saturated carbocycles. The second-order valence-electron chi connectivity index (χ2n) is 6.04. The maximum absolute atomic E-state index is 3.74. The molecule has 1 heterocycles. The number of hydrogen-bond acceptors (Lipinski definition) is 3. The van der Waals surface area contributed by atoms with Crippen molar-refractivity contribution < 1.29 is 0 Å². The molecule has 0 aliphatic carbocycles. The topological polar surface area (TPSA) is 18.5 Å². The summed E-state index contributed by atoms with van der Waals surface area (Å²) in [6.45, 7) is 15.3. The van der Waals surface area contributed by atoms with E-state index in [1.165, 1.54) is 39.0 Å². The number of piperazine rings is 1. The molecule has 0 aromatic carbocycles. The fourth-order valence-corrected chi connectivity index (χ4v) is 2.63. The van der Waals surface area contributed by atoms with Gasteiger partial charge in [0.1, 0.15) is 0 Å². The van der Waals surface area contributed by atoms with Gasteiger partial charge in [0.25, 0.3) is 0 Å². The third kappa shape index (κ3) is 4.87. The van der Waals surface area contributed by atoms with E-state index in [0.717, 1.165) is 12.5 Å². The predicted octanol–water partition coefficient (Wildman–Crippen LogP) is 2.04. The minimum absolute atomic E-state index is 0.658. The molecule has 0 spiro atoms. The molecule has 1 rings (SSSR count). The summed E-state index contributed by atoms with van der Waals surface area (Å²) in [5.41, 5.74) is 0. The average Bonchev–Trinajstić information content (AvgIpc) is 2.37. The van der Waals surface area contributed by atoms with E-state index in [1.807, 2.05) is 0 Å². The van der Waals surface area contributed by atoms with Crippen LogP contribution >= 0.6 is 0 Å². The molecule has 1 saturated heterocycles. The second kappa shape index (κ2) is 8.13. The Balaban J connectivity index is 2.44. The number of nitrogens with zero attached hydrogens (tertiary/aromatic N) is 2. The Morgan fingerprint density at radius 3 is 2.56 bits per heavy atom. The highest BCUT2D eigenvalue weighted by molar-refractivity contribution is 4.82. The molecule has 0 bridgehead atoms. The van der Waals surface area contributed by atoms with Crippen LogP contribution in [0.4, 0.5) is 0 Å². The summed E-state index contributed by atoms with van der Waals surface area (Å²) in [7, 11) is 2.24. The van der Waals surface area contributed by atoms with Gasteiger partial charge in [-0.1, -0.05) is 27.2 Å². The molecule has 3 heteroatoms. The third-order valence-corrected chi connectivity index (χ3v) is 4.49. The van der Waals surface area contributed by atoms with Crippen LogP contribution in [-0.4, -0.2) is 61.7 Å². The predicted molar refractivity (Wildman–Crippen MR) is 80.1 cm³/mol. The number of nitrogens with one attached hydrogen (secondary N) is 1. The van der Waals surface area contributed by atoms with Gasteiger partial charge in [0.2, 0.25) is 0 Å². The van der Waals surface area contributed by atoms with Crippen molar-refractivity contribution >= 4 is 0 Å². The molecule has 3 unspecified atom stereocenters. The first kappa shape index (κ1) is 15.9. The lowest BCUT2D eigenvalue weighted by Crippen LogP contribution is -2.54. The highest BCUT2D eigenvalue weighted by Crippen LogP contribution is 2.13. The van der Waals surface area contributed by atoms with E-state index in [9.17, 15) is 0 Å². The molecule has 108 valence electrons. The molecule has 0 aromatic rings. The molecule has 0 radical (unpaired) electrons. The summed E-state index contributed by atoms with van der Waals surface area (Å²) in [6.07, 6.45) is 2.50. The van der Waals surface area contributed by atoms with Crippen LogP contribution in [0.1, 0.15) is 40.5 Å². The standard InChI is InChI=1S/C15H33N3/c1-6-8-16-15(13(3)7-2)12-18-10-9-17(5)14(4)11-18/h13-16H,6-12H2,1-5H3. The van der Waals surface area contributed by atoms with Gasteiger partial charge in [0.15, 0.2) is 0 Å². The Labute approximate surface area is 114 Å². The van der Waals surface area contributed by atoms with E-state index in [1.54, 1.807) is 0 Å². The van der Waals surface area contributed by atoms with Crippen LogP contribution in [0.25, 0.3) is 0 Å². The van der Waals surface area contributed by atoms with Crippen molar-refractivity contribution in [3.8, 4) is 0 Å². The Bertz CT molecular complexity index is 220. The van der Waals surface area contributed by atoms with Crippen LogP contribution in [0, 0.1) is 5.92 Å². The molecule has 0 amide bonds. The highest BCUT2D eigenvalue weighted by Gasteiger charge is 2.24. The van der Waals surface area contributed by atoms with E-state index in [2.05, 4.69) is 49.9 Å². The van der Waals surface area contributed by atoms with Gasteiger partial charge in [0.05, 0.1) is 0 Å². The zero-order chi connectivity index (χ0) is 13.5. The van der Waals surface area contributed by atoms with Crippen LogP contribution in [-0.2, 0) is 0 Å².